The average Bonchev–Trinajstić information content (AvgIpc) is 2.83. The summed E-state index contributed by atoms with van der Waals surface area (Å²) in [6.07, 6.45) is 2.05. The maximum Gasteiger partial charge on any atom is 0.253 e. The van der Waals surface area contributed by atoms with Gasteiger partial charge in [0.2, 0.25) is 10.0 Å². The highest BCUT2D eigenvalue weighted by Crippen LogP contribution is 2.17. The van der Waals surface area contributed by atoms with Crippen molar-refractivity contribution in [2.45, 2.75) is 32.6 Å². The van der Waals surface area contributed by atoms with Gasteiger partial charge in [0.15, 0.2) is 0 Å². The van der Waals surface area contributed by atoms with Crippen LogP contribution in [0.5, 0.6) is 0 Å². The number of piperazine rings is 1. The highest BCUT2D eigenvalue weighted by molar-refractivity contribution is 7.92. The highest BCUT2D eigenvalue weighted by Gasteiger charge is 2.28. The largest absolute Gasteiger partial charge is 0.373 e. The molecular weight excluding hydrogens is 450 g/mol. The molecule has 4 rings (SSSR count). The zero-order valence-electron chi connectivity index (χ0n) is 19.8. The third-order valence-electron chi connectivity index (χ3n) is 6.22. The Kier molecular flexibility index (Phi) is 7.83. The lowest BCUT2D eigenvalue weighted by atomic mass is 10.1. The van der Waals surface area contributed by atoms with Crippen molar-refractivity contribution in [2.75, 3.05) is 39.3 Å². The third kappa shape index (κ3) is 6.33. The van der Waals surface area contributed by atoms with Gasteiger partial charge >= 0.3 is 0 Å². The Bertz CT molecular complexity index is 1080. The number of morpholine rings is 1. The molecule has 34 heavy (non-hydrogen) atoms. The lowest BCUT2D eigenvalue weighted by Gasteiger charge is -2.35. The van der Waals surface area contributed by atoms with Crippen molar-refractivity contribution in [2.24, 2.45) is 0 Å². The number of sulfonamides is 1. The van der Waals surface area contributed by atoms with E-state index in [1.807, 2.05) is 54.6 Å². The number of rotatable bonds is 6. The minimum Gasteiger partial charge on any atom is -0.373 e. The molecule has 2 unspecified atom stereocenters. The Hall–Kier alpha value is -2.52. The van der Waals surface area contributed by atoms with Crippen LogP contribution in [0.3, 0.4) is 0 Å². The Morgan fingerprint density at radius 1 is 0.941 bits per heavy atom. The Balaban J connectivity index is 1.30. The predicted octanol–water partition coefficient (Wildman–Crippen LogP) is 3.05. The van der Waals surface area contributed by atoms with E-state index < -0.39 is 10.0 Å². The van der Waals surface area contributed by atoms with E-state index in [9.17, 15) is 13.2 Å². The third-order valence-corrected chi connectivity index (χ3v) is 7.79. The van der Waals surface area contributed by atoms with E-state index in [1.54, 1.807) is 11.0 Å². The first-order chi connectivity index (χ1) is 16.3. The molecule has 2 aromatic rings. The van der Waals surface area contributed by atoms with Crippen molar-refractivity contribution in [1.82, 2.24) is 14.1 Å². The smallest absolute Gasteiger partial charge is 0.253 e. The quantitative estimate of drug-likeness (QED) is 0.632. The fourth-order valence-corrected chi connectivity index (χ4v) is 5.74. The van der Waals surface area contributed by atoms with Gasteiger partial charge in [0.1, 0.15) is 0 Å². The van der Waals surface area contributed by atoms with Gasteiger partial charge in [-0.3, -0.25) is 9.69 Å². The summed E-state index contributed by atoms with van der Waals surface area (Å²) in [6, 6.07) is 17.1. The van der Waals surface area contributed by atoms with Crippen molar-refractivity contribution in [3.63, 3.8) is 0 Å². The van der Waals surface area contributed by atoms with Crippen LogP contribution in [0.2, 0.25) is 0 Å². The van der Waals surface area contributed by atoms with E-state index in [2.05, 4.69) is 18.7 Å². The van der Waals surface area contributed by atoms with Crippen molar-refractivity contribution >= 4 is 22.0 Å². The van der Waals surface area contributed by atoms with E-state index in [0.29, 0.717) is 31.7 Å². The van der Waals surface area contributed by atoms with Gasteiger partial charge in [0.05, 0.1) is 12.2 Å². The number of hydrogen-bond acceptors (Lipinski definition) is 5. The van der Waals surface area contributed by atoms with Gasteiger partial charge < -0.3 is 9.64 Å². The van der Waals surface area contributed by atoms with Crippen molar-refractivity contribution in [3.05, 3.63) is 76.7 Å². The molecule has 0 saturated carbocycles. The van der Waals surface area contributed by atoms with Gasteiger partial charge in [-0.15, -0.1) is 0 Å². The summed E-state index contributed by atoms with van der Waals surface area (Å²) in [7, 11) is -3.52. The molecule has 2 aliphatic rings. The molecule has 2 saturated heterocycles. The van der Waals surface area contributed by atoms with Crippen LogP contribution in [0.4, 0.5) is 0 Å². The number of carbonyl (C=O) groups is 1. The van der Waals surface area contributed by atoms with Gasteiger partial charge in [-0.1, -0.05) is 42.5 Å². The number of nitrogens with zero attached hydrogens (tertiary/aromatic N) is 3. The number of hydrogen-bond donors (Lipinski definition) is 0. The van der Waals surface area contributed by atoms with E-state index in [4.69, 9.17) is 4.74 Å². The molecule has 0 bridgehead atoms. The molecule has 2 aliphatic heterocycles. The molecule has 1 amide bonds. The molecule has 7 nitrogen and oxygen atoms in total. The monoisotopic (exact) mass is 483 g/mol. The van der Waals surface area contributed by atoms with E-state index in [0.717, 1.165) is 25.2 Å². The van der Waals surface area contributed by atoms with Crippen LogP contribution in [0, 0.1) is 0 Å². The molecule has 2 fully saturated rings. The number of benzene rings is 2. The minimum absolute atomic E-state index is 0.0583. The molecule has 182 valence electrons. The van der Waals surface area contributed by atoms with Crippen LogP contribution in [0.15, 0.2) is 60.0 Å². The summed E-state index contributed by atoms with van der Waals surface area (Å²) in [5.74, 6) is -0.0583. The fourth-order valence-electron chi connectivity index (χ4n) is 4.57. The summed E-state index contributed by atoms with van der Waals surface area (Å²) in [5.41, 5.74) is 2.63. The first-order valence-corrected chi connectivity index (χ1v) is 13.3. The van der Waals surface area contributed by atoms with E-state index >= 15 is 0 Å². The first kappa shape index (κ1) is 24.6. The normalized spacial score (nSPS) is 22.8. The molecule has 2 atom stereocenters. The van der Waals surface area contributed by atoms with Crippen molar-refractivity contribution in [1.29, 1.82) is 0 Å². The van der Waals surface area contributed by atoms with Crippen LogP contribution >= 0.6 is 0 Å². The lowest BCUT2D eigenvalue weighted by Crippen LogP contribution is -2.50. The Labute approximate surface area is 202 Å². The number of ether oxygens (including phenoxy) is 1. The SMILES string of the molecule is CC1CN(Cc2ccc(C(=O)N3CCN(S(=O)(=O)/C=C/c4ccccc4)CC3)cc2)CC(C)O1. The van der Waals surface area contributed by atoms with Gasteiger partial charge in [0.25, 0.3) is 5.91 Å². The van der Waals surface area contributed by atoms with Crippen LogP contribution in [-0.2, 0) is 21.3 Å². The number of amides is 1. The van der Waals surface area contributed by atoms with Gasteiger partial charge in [-0.05, 0) is 43.2 Å². The van der Waals surface area contributed by atoms with Gasteiger partial charge in [-0.2, -0.15) is 4.31 Å². The van der Waals surface area contributed by atoms with E-state index in [1.165, 1.54) is 15.3 Å². The minimum atomic E-state index is -3.52. The van der Waals surface area contributed by atoms with Crippen LogP contribution in [-0.4, -0.2) is 79.9 Å². The Morgan fingerprint density at radius 2 is 1.56 bits per heavy atom. The zero-order chi connectivity index (χ0) is 24.1. The fraction of sp³-hybridized carbons (Fsp3) is 0.423. The second-order valence-electron chi connectivity index (χ2n) is 9.10. The maximum atomic E-state index is 13.0. The molecule has 8 heteroatoms. The van der Waals surface area contributed by atoms with Crippen LogP contribution in [0.25, 0.3) is 6.08 Å². The molecule has 2 heterocycles. The van der Waals surface area contributed by atoms with Crippen LogP contribution in [0.1, 0.15) is 35.3 Å². The summed E-state index contributed by atoms with van der Waals surface area (Å²) < 4.78 is 32.6. The molecular formula is C26H33N3O4S. The predicted molar refractivity (Wildman–Crippen MR) is 134 cm³/mol. The summed E-state index contributed by atoms with van der Waals surface area (Å²) >= 11 is 0. The molecule has 0 radical (unpaired) electrons. The van der Waals surface area contributed by atoms with Crippen molar-refractivity contribution in [3.8, 4) is 0 Å². The highest BCUT2D eigenvalue weighted by atomic mass is 32.2. The molecule has 0 aliphatic carbocycles. The lowest BCUT2D eigenvalue weighted by molar-refractivity contribution is -0.0704. The number of carbonyl (C=O) groups excluding carboxylic acids is 1. The first-order valence-electron chi connectivity index (χ1n) is 11.8. The molecule has 0 N–H and O–H groups in total. The van der Waals surface area contributed by atoms with Crippen LogP contribution < -0.4 is 0 Å². The average molecular weight is 484 g/mol. The van der Waals surface area contributed by atoms with Crippen molar-refractivity contribution < 1.29 is 17.9 Å². The second kappa shape index (κ2) is 10.8. The summed E-state index contributed by atoms with van der Waals surface area (Å²) in [4.78, 5) is 17.1. The topological polar surface area (TPSA) is 70.2 Å². The molecule has 2 aromatic carbocycles. The zero-order valence-corrected chi connectivity index (χ0v) is 20.7. The Morgan fingerprint density at radius 3 is 2.18 bits per heavy atom. The molecule has 0 aromatic heterocycles. The van der Waals surface area contributed by atoms with Gasteiger partial charge in [-0.25, -0.2) is 8.42 Å². The van der Waals surface area contributed by atoms with E-state index in [-0.39, 0.29) is 18.1 Å². The summed E-state index contributed by atoms with van der Waals surface area (Å²) in [6.45, 7) is 8.16. The maximum absolute atomic E-state index is 13.0. The summed E-state index contributed by atoms with van der Waals surface area (Å²) in [5, 5.41) is 1.24. The molecule has 0 spiro atoms. The van der Waals surface area contributed by atoms with Gasteiger partial charge in [0, 0.05) is 56.8 Å². The standard InChI is InChI=1S/C26H33N3O4S/c1-21-18-27(19-22(2)33-21)20-24-8-10-25(11-9-24)26(30)28-13-15-29(16-14-28)34(31,32)17-12-23-6-4-3-5-7-23/h3-12,17,21-22H,13-16,18-20H2,1-2H3/b17-12+. The second-order valence-corrected chi connectivity index (χ2v) is 10.9.